The maximum atomic E-state index is 12.2. The lowest BCUT2D eigenvalue weighted by atomic mass is 10.0. The summed E-state index contributed by atoms with van der Waals surface area (Å²) in [6.45, 7) is 2.64. The van der Waals surface area contributed by atoms with Crippen LogP contribution >= 0.6 is 0 Å². The van der Waals surface area contributed by atoms with Crippen LogP contribution < -0.4 is 14.8 Å². The minimum Gasteiger partial charge on any atom is -0.496 e. The first kappa shape index (κ1) is 18.3. The third-order valence-corrected chi connectivity index (χ3v) is 4.69. The molecular weight excluding hydrogens is 328 g/mol. The number of likely N-dealkylation sites (tertiary alicyclic amines) is 1. The molecule has 1 fully saturated rings. The Kier molecular flexibility index (Phi) is 6.50. The Morgan fingerprint density at radius 3 is 2.50 bits per heavy atom. The van der Waals surface area contributed by atoms with Gasteiger partial charge in [0.1, 0.15) is 11.5 Å². The molecule has 2 aromatic rings. The van der Waals surface area contributed by atoms with E-state index in [4.69, 9.17) is 9.47 Å². The fourth-order valence-electron chi connectivity index (χ4n) is 3.36. The molecule has 0 radical (unpaired) electrons. The molecule has 1 N–H and O–H groups in total. The number of para-hydroxylation sites is 2. The van der Waals surface area contributed by atoms with Crippen molar-refractivity contribution in [2.24, 2.45) is 0 Å². The Balaban J connectivity index is 1.61. The van der Waals surface area contributed by atoms with Crippen molar-refractivity contribution in [2.45, 2.75) is 18.9 Å². The summed E-state index contributed by atoms with van der Waals surface area (Å²) in [4.78, 5) is 14.6. The van der Waals surface area contributed by atoms with E-state index in [1.54, 1.807) is 7.11 Å². The largest absolute Gasteiger partial charge is 0.496 e. The van der Waals surface area contributed by atoms with Crippen LogP contribution in [-0.2, 0) is 4.79 Å². The first-order valence-electron chi connectivity index (χ1n) is 9.09. The van der Waals surface area contributed by atoms with E-state index >= 15 is 0 Å². The smallest absolute Gasteiger partial charge is 0.258 e. The third kappa shape index (κ3) is 4.76. The van der Waals surface area contributed by atoms with Crippen LogP contribution in [0.1, 0.15) is 24.4 Å². The molecule has 0 aromatic heterocycles. The van der Waals surface area contributed by atoms with Crippen molar-refractivity contribution in [2.75, 3.05) is 33.4 Å². The SMILES string of the molecule is COc1ccccc1C(CNC(=O)COc1ccccc1)N1CCCC1. The molecule has 3 rings (SSSR count). The quantitative estimate of drug-likeness (QED) is 0.792. The summed E-state index contributed by atoms with van der Waals surface area (Å²) in [7, 11) is 1.69. The predicted octanol–water partition coefficient (Wildman–Crippen LogP) is 3.03. The van der Waals surface area contributed by atoms with Gasteiger partial charge in [-0.15, -0.1) is 0 Å². The number of carbonyl (C=O) groups is 1. The second kappa shape index (κ2) is 9.25. The first-order chi connectivity index (χ1) is 12.8. The zero-order valence-electron chi connectivity index (χ0n) is 15.2. The number of nitrogens with one attached hydrogen (secondary N) is 1. The fourth-order valence-corrected chi connectivity index (χ4v) is 3.36. The maximum Gasteiger partial charge on any atom is 0.258 e. The van der Waals surface area contributed by atoms with Crippen molar-refractivity contribution >= 4 is 5.91 Å². The van der Waals surface area contributed by atoms with E-state index in [9.17, 15) is 4.79 Å². The summed E-state index contributed by atoms with van der Waals surface area (Å²) in [5, 5.41) is 3.02. The highest BCUT2D eigenvalue weighted by atomic mass is 16.5. The standard InChI is InChI=1S/C21H26N2O3/c1-25-20-12-6-5-11-18(20)19(23-13-7-8-14-23)15-22-21(24)16-26-17-9-3-2-4-10-17/h2-6,9-12,19H,7-8,13-16H2,1H3,(H,22,24). The molecule has 5 heteroatoms. The molecule has 1 saturated heterocycles. The van der Waals surface area contributed by atoms with Gasteiger partial charge in [-0.25, -0.2) is 0 Å². The van der Waals surface area contributed by atoms with Crippen molar-refractivity contribution < 1.29 is 14.3 Å². The van der Waals surface area contributed by atoms with Gasteiger partial charge in [0.25, 0.3) is 5.91 Å². The zero-order chi connectivity index (χ0) is 18.2. The van der Waals surface area contributed by atoms with E-state index in [1.807, 2.05) is 48.5 Å². The molecule has 0 bridgehead atoms. The van der Waals surface area contributed by atoms with Crippen LogP contribution in [0.15, 0.2) is 54.6 Å². The number of carbonyl (C=O) groups excluding carboxylic acids is 1. The minimum atomic E-state index is -0.118. The van der Waals surface area contributed by atoms with Crippen LogP contribution in [0.2, 0.25) is 0 Å². The molecule has 1 heterocycles. The summed E-state index contributed by atoms with van der Waals surface area (Å²) >= 11 is 0. The van der Waals surface area contributed by atoms with Gasteiger partial charge >= 0.3 is 0 Å². The van der Waals surface area contributed by atoms with Crippen LogP contribution in [0.4, 0.5) is 0 Å². The van der Waals surface area contributed by atoms with Crippen molar-refractivity contribution in [1.29, 1.82) is 0 Å². The highest BCUT2D eigenvalue weighted by Gasteiger charge is 2.26. The summed E-state index contributed by atoms with van der Waals surface area (Å²) in [5.41, 5.74) is 1.11. The number of hydrogen-bond acceptors (Lipinski definition) is 4. The molecule has 1 amide bonds. The Hall–Kier alpha value is -2.53. The number of hydrogen-bond donors (Lipinski definition) is 1. The van der Waals surface area contributed by atoms with Crippen LogP contribution in [0, 0.1) is 0 Å². The van der Waals surface area contributed by atoms with Crippen molar-refractivity contribution in [1.82, 2.24) is 10.2 Å². The summed E-state index contributed by atoms with van der Waals surface area (Å²) < 4.78 is 11.1. The molecule has 0 aliphatic carbocycles. The molecule has 0 spiro atoms. The average molecular weight is 354 g/mol. The lowest BCUT2D eigenvalue weighted by molar-refractivity contribution is -0.123. The zero-order valence-corrected chi connectivity index (χ0v) is 15.2. The van der Waals surface area contributed by atoms with E-state index in [2.05, 4.69) is 16.3 Å². The Bertz CT molecular complexity index is 699. The fraction of sp³-hybridized carbons (Fsp3) is 0.381. The van der Waals surface area contributed by atoms with Crippen molar-refractivity contribution in [3.05, 3.63) is 60.2 Å². The molecular formula is C21H26N2O3. The lowest BCUT2D eigenvalue weighted by Gasteiger charge is -2.29. The van der Waals surface area contributed by atoms with E-state index in [-0.39, 0.29) is 18.6 Å². The predicted molar refractivity (Wildman–Crippen MR) is 101 cm³/mol. The molecule has 1 aliphatic heterocycles. The van der Waals surface area contributed by atoms with Gasteiger partial charge < -0.3 is 14.8 Å². The van der Waals surface area contributed by atoms with Crippen LogP contribution in [0.25, 0.3) is 0 Å². The van der Waals surface area contributed by atoms with Crippen molar-refractivity contribution in [3.8, 4) is 11.5 Å². The van der Waals surface area contributed by atoms with E-state index in [0.717, 1.165) is 24.4 Å². The Labute approximate surface area is 154 Å². The average Bonchev–Trinajstić information content (AvgIpc) is 3.22. The number of rotatable bonds is 8. The second-order valence-electron chi connectivity index (χ2n) is 6.41. The highest BCUT2D eigenvalue weighted by molar-refractivity contribution is 5.77. The normalized spacial score (nSPS) is 15.4. The molecule has 1 atom stereocenters. The summed E-state index contributed by atoms with van der Waals surface area (Å²) in [5.74, 6) is 1.44. The van der Waals surface area contributed by atoms with Gasteiger partial charge in [-0.05, 0) is 44.1 Å². The molecule has 2 aromatic carbocycles. The molecule has 1 unspecified atom stereocenters. The highest BCUT2D eigenvalue weighted by Crippen LogP contribution is 2.31. The number of amides is 1. The molecule has 5 nitrogen and oxygen atoms in total. The summed E-state index contributed by atoms with van der Waals surface area (Å²) in [6.07, 6.45) is 2.38. The van der Waals surface area contributed by atoms with E-state index in [1.165, 1.54) is 12.8 Å². The molecule has 0 saturated carbocycles. The van der Waals surface area contributed by atoms with Gasteiger partial charge in [0.2, 0.25) is 0 Å². The maximum absolute atomic E-state index is 12.2. The van der Waals surface area contributed by atoms with Crippen LogP contribution in [0.3, 0.4) is 0 Å². The van der Waals surface area contributed by atoms with E-state index in [0.29, 0.717) is 12.3 Å². The number of nitrogens with zero attached hydrogens (tertiary/aromatic N) is 1. The van der Waals surface area contributed by atoms with Gasteiger partial charge in [0, 0.05) is 12.1 Å². The van der Waals surface area contributed by atoms with Gasteiger partial charge in [-0.1, -0.05) is 36.4 Å². The molecule has 138 valence electrons. The lowest BCUT2D eigenvalue weighted by Crippen LogP contribution is -2.38. The Morgan fingerprint density at radius 2 is 1.77 bits per heavy atom. The monoisotopic (exact) mass is 354 g/mol. The minimum absolute atomic E-state index is 0.0165. The van der Waals surface area contributed by atoms with E-state index < -0.39 is 0 Å². The van der Waals surface area contributed by atoms with Gasteiger partial charge in [0.15, 0.2) is 6.61 Å². The summed E-state index contributed by atoms with van der Waals surface area (Å²) in [6, 6.07) is 17.5. The third-order valence-electron chi connectivity index (χ3n) is 4.69. The number of methoxy groups -OCH3 is 1. The number of ether oxygens (including phenoxy) is 2. The molecule has 1 aliphatic rings. The van der Waals surface area contributed by atoms with Gasteiger partial charge in [-0.2, -0.15) is 0 Å². The second-order valence-corrected chi connectivity index (χ2v) is 6.41. The molecule has 26 heavy (non-hydrogen) atoms. The van der Waals surface area contributed by atoms with Gasteiger partial charge in [-0.3, -0.25) is 9.69 Å². The van der Waals surface area contributed by atoms with Gasteiger partial charge in [0.05, 0.1) is 13.2 Å². The van der Waals surface area contributed by atoms with Crippen molar-refractivity contribution in [3.63, 3.8) is 0 Å². The van der Waals surface area contributed by atoms with Crippen LogP contribution in [-0.4, -0.2) is 44.2 Å². The number of benzene rings is 2. The topological polar surface area (TPSA) is 50.8 Å². The first-order valence-corrected chi connectivity index (χ1v) is 9.09. The van der Waals surface area contributed by atoms with Crippen LogP contribution in [0.5, 0.6) is 11.5 Å². The Morgan fingerprint density at radius 1 is 1.08 bits per heavy atom.